The molecule has 182 valence electrons. The molecule has 2 aromatic rings. The Morgan fingerprint density at radius 3 is 2.86 bits per heavy atom. The monoisotopic (exact) mass is 490 g/mol. The molecule has 1 unspecified atom stereocenters. The first-order chi connectivity index (χ1) is 17.1. The quantitative estimate of drug-likeness (QED) is 0.609. The Labute approximate surface area is 211 Å². The molecule has 1 amide bonds. The third kappa shape index (κ3) is 5.13. The van der Waals surface area contributed by atoms with E-state index in [0.29, 0.717) is 25.6 Å². The Morgan fingerprint density at radius 2 is 2.09 bits per heavy atom. The van der Waals surface area contributed by atoms with Gasteiger partial charge in [-0.2, -0.15) is 0 Å². The van der Waals surface area contributed by atoms with E-state index in [1.54, 1.807) is 0 Å². The predicted octanol–water partition coefficient (Wildman–Crippen LogP) is 4.18. The van der Waals surface area contributed by atoms with Crippen LogP contribution in [0, 0.1) is 11.8 Å². The number of hydrogen-bond donors (Lipinski definition) is 0. The molecule has 1 atom stereocenters. The number of carbonyl (C=O) groups excluding carboxylic acids is 1. The lowest BCUT2D eigenvalue weighted by Crippen LogP contribution is -2.42. The summed E-state index contributed by atoms with van der Waals surface area (Å²) in [6, 6.07) is 4.18. The number of hydrogen-bond acceptors (Lipinski definition) is 4. The van der Waals surface area contributed by atoms with Gasteiger partial charge in [0, 0.05) is 54.4 Å². The van der Waals surface area contributed by atoms with Crippen molar-refractivity contribution in [2.24, 2.45) is 11.8 Å². The number of rotatable bonds is 6. The second-order valence-electron chi connectivity index (χ2n) is 9.25. The van der Waals surface area contributed by atoms with Crippen LogP contribution in [0.2, 0.25) is 0 Å². The van der Waals surface area contributed by atoms with Crippen molar-refractivity contribution in [2.45, 2.75) is 39.2 Å². The maximum absolute atomic E-state index is 12.3. The fourth-order valence-electron chi connectivity index (χ4n) is 5.46. The summed E-state index contributed by atoms with van der Waals surface area (Å²) >= 11 is 6.53. The van der Waals surface area contributed by atoms with Crippen LogP contribution < -0.4 is 10.6 Å². The Hall–Kier alpha value is -3.12. The fraction of sp³-hybridized carbons (Fsp3) is 0.393. The van der Waals surface area contributed by atoms with Gasteiger partial charge in [0.05, 0.1) is 18.3 Å². The van der Waals surface area contributed by atoms with Crippen LogP contribution in [0.5, 0.6) is 0 Å². The molecular weight excluding hydrogens is 460 g/mol. The van der Waals surface area contributed by atoms with Gasteiger partial charge >= 0.3 is 6.09 Å². The maximum Gasteiger partial charge on any atom is 0.409 e. The zero-order chi connectivity index (χ0) is 24.2. The molecule has 6 nitrogen and oxygen atoms in total. The second-order valence-corrected chi connectivity index (χ2v) is 9.69. The van der Waals surface area contributed by atoms with Crippen molar-refractivity contribution in [3.8, 4) is 0 Å². The maximum atomic E-state index is 12.3. The van der Waals surface area contributed by atoms with Gasteiger partial charge in [-0.25, -0.2) is 9.78 Å². The van der Waals surface area contributed by atoms with Crippen LogP contribution in [0.1, 0.15) is 32.6 Å². The van der Waals surface area contributed by atoms with Crippen LogP contribution in [0.25, 0.3) is 11.6 Å². The number of halogens is 1. The first kappa shape index (κ1) is 23.6. The summed E-state index contributed by atoms with van der Waals surface area (Å²) in [5.41, 5.74) is 3.92. The van der Waals surface area contributed by atoms with Crippen molar-refractivity contribution in [1.82, 2.24) is 19.4 Å². The lowest BCUT2D eigenvalue weighted by atomic mass is 9.76. The van der Waals surface area contributed by atoms with Crippen LogP contribution in [0.15, 0.2) is 71.5 Å². The Balaban J connectivity index is 1.49. The summed E-state index contributed by atoms with van der Waals surface area (Å²) in [6.45, 7) is 4.57. The zero-order valence-electron chi connectivity index (χ0n) is 20.1. The molecule has 0 spiro atoms. The molecule has 0 radical (unpaired) electrons. The van der Waals surface area contributed by atoms with Crippen molar-refractivity contribution >= 4 is 29.3 Å². The first-order valence-electron chi connectivity index (χ1n) is 12.5. The number of nitrogens with zero attached hydrogens (tertiary/aromatic N) is 4. The summed E-state index contributed by atoms with van der Waals surface area (Å²) in [7, 11) is 0. The SMILES string of the molecule is CCOC(=O)N1CCC(C2=c3ncccc3=CC(CCCn3ccnc3)=C3C=C(Cl)C=CC32)CC1. The molecule has 35 heavy (non-hydrogen) atoms. The number of amides is 1. The second kappa shape index (κ2) is 10.6. The van der Waals surface area contributed by atoms with Crippen LogP contribution in [-0.2, 0) is 11.3 Å². The number of fused-ring (bicyclic) bond motifs is 2. The van der Waals surface area contributed by atoms with Crippen LogP contribution in [0.3, 0.4) is 0 Å². The average molecular weight is 491 g/mol. The van der Waals surface area contributed by atoms with E-state index in [9.17, 15) is 4.79 Å². The van der Waals surface area contributed by atoms with E-state index in [4.69, 9.17) is 21.3 Å². The normalized spacial score (nSPS) is 20.1. The number of aromatic nitrogens is 3. The number of allylic oxidation sites excluding steroid dienone is 6. The number of piperidine rings is 1. The van der Waals surface area contributed by atoms with E-state index < -0.39 is 0 Å². The number of carbonyl (C=O) groups is 1. The van der Waals surface area contributed by atoms with Crippen molar-refractivity contribution in [2.75, 3.05) is 19.7 Å². The van der Waals surface area contributed by atoms with E-state index in [1.807, 2.05) is 48.9 Å². The van der Waals surface area contributed by atoms with Gasteiger partial charge < -0.3 is 14.2 Å². The Morgan fingerprint density at radius 1 is 1.23 bits per heavy atom. The molecule has 2 aromatic heterocycles. The topological polar surface area (TPSA) is 60.2 Å². The van der Waals surface area contributed by atoms with Gasteiger partial charge in [0.2, 0.25) is 0 Å². The molecular formula is C28H31ClN4O2. The highest BCUT2D eigenvalue weighted by Crippen LogP contribution is 2.40. The number of aryl methyl sites for hydroxylation is 1. The molecule has 2 aliphatic carbocycles. The van der Waals surface area contributed by atoms with Gasteiger partial charge in [-0.15, -0.1) is 0 Å². The lowest BCUT2D eigenvalue weighted by Gasteiger charge is -2.35. The van der Waals surface area contributed by atoms with Crippen LogP contribution in [0.4, 0.5) is 4.79 Å². The van der Waals surface area contributed by atoms with E-state index in [-0.39, 0.29) is 12.0 Å². The highest BCUT2D eigenvalue weighted by molar-refractivity contribution is 6.31. The van der Waals surface area contributed by atoms with Crippen molar-refractivity contribution in [1.29, 1.82) is 0 Å². The minimum atomic E-state index is -0.211. The number of ether oxygens (including phenoxy) is 1. The Kier molecular flexibility index (Phi) is 7.19. The molecule has 0 aromatic carbocycles. The van der Waals surface area contributed by atoms with Gasteiger partial charge in [-0.3, -0.25) is 4.98 Å². The van der Waals surface area contributed by atoms with Crippen molar-refractivity contribution in [3.05, 3.63) is 82.0 Å². The summed E-state index contributed by atoms with van der Waals surface area (Å²) in [4.78, 5) is 23.1. The molecule has 1 aliphatic heterocycles. The summed E-state index contributed by atoms with van der Waals surface area (Å²) in [5.74, 6) is 0.468. The lowest BCUT2D eigenvalue weighted by molar-refractivity contribution is 0.0955. The van der Waals surface area contributed by atoms with E-state index >= 15 is 0 Å². The number of imidazole rings is 1. The fourth-order valence-corrected chi connectivity index (χ4v) is 5.65. The van der Waals surface area contributed by atoms with Crippen LogP contribution in [-0.4, -0.2) is 45.2 Å². The van der Waals surface area contributed by atoms with Gasteiger partial charge in [0.25, 0.3) is 0 Å². The standard InChI is InChI=1S/C28H31ClN4O2/c1-2-35-28(34)33-14-9-20(10-15-33)26-24-8-7-23(29)18-25(24)21(6-4-13-32-16-12-30-19-32)17-22-5-3-11-31-27(22)26/h3,5,7-8,11-12,16-20,24H,2,4,6,9-10,13-15H2,1H3. The third-order valence-corrected chi connectivity index (χ3v) is 7.34. The third-order valence-electron chi connectivity index (χ3n) is 7.11. The number of pyridine rings is 1. The van der Waals surface area contributed by atoms with Gasteiger partial charge in [-0.1, -0.05) is 23.7 Å². The summed E-state index contributed by atoms with van der Waals surface area (Å²) < 4.78 is 7.35. The molecule has 3 heterocycles. The minimum absolute atomic E-state index is 0.132. The smallest absolute Gasteiger partial charge is 0.409 e. The summed E-state index contributed by atoms with van der Waals surface area (Å²) in [5, 5.41) is 2.99. The molecule has 1 saturated heterocycles. The highest BCUT2D eigenvalue weighted by atomic mass is 35.5. The molecule has 3 aliphatic rings. The predicted molar refractivity (Wildman–Crippen MR) is 138 cm³/mol. The summed E-state index contributed by atoms with van der Waals surface area (Å²) in [6.07, 6.45) is 19.8. The average Bonchev–Trinajstić information content (AvgIpc) is 3.35. The Bertz CT molecular complexity index is 1280. The molecule has 0 bridgehead atoms. The largest absolute Gasteiger partial charge is 0.450 e. The molecule has 7 heteroatoms. The molecule has 1 fully saturated rings. The molecule has 0 saturated carbocycles. The van der Waals surface area contributed by atoms with Crippen LogP contribution >= 0.6 is 11.6 Å². The van der Waals surface area contributed by atoms with E-state index in [0.717, 1.165) is 47.8 Å². The van der Waals surface area contributed by atoms with Gasteiger partial charge in [-0.05, 0) is 79.5 Å². The first-order valence-corrected chi connectivity index (χ1v) is 12.8. The molecule has 0 N–H and O–H groups in total. The van der Waals surface area contributed by atoms with E-state index in [2.05, 4.69) is 33.8 Å². The number of likely N-dealkylation sites (tertiary alicyclic amines) is 1. The van der Waals surface area contributed by atoms with Gasteiger partial charge in [0.15, 0.2) is 0 Å². The van der Waals surface area contributed by atoms with Crippen molar-refractivity contribution < 1.29 is 9.53 Å². The van der Waals surface area contributed by atoms with Gasteiger partial charge in [0.1, 0.15) is 0 Å². The minimum Gasteiger partial charge on any atom is -0.450 e. The van der Waals surface area contributed by atoms with E-state index in [1.165, 1.54) is 16.7 Å². The zero-order valence-corrected chi connectivity index (χ0v) is 20.8. The molecule has 5 rings (SSSR count). The van der Waals surface area contributed by atoms with Crippen molar-refractivity contribution in [3.63, 3.8) is 0 Å². The highest BCUT2D eigenvalue weighted by Gasteiger charge is 2.33.